The van der Waals surface area contributed by atoms with Gasteiger partial charge in [-0.05, 0) is 30.3 Å². The zero-order chi connectivity index (χ0) is 14.9. The Hall–Kier alpha value is -3.35. The van der Waals surface area contributed by atoms with Crippen molar-refractivity contribution in [3.05, 3.63) is 48.7 Å². The Kier molecular flexibility index (Phi) is 2.75. The van der Waals surface area contributed by atoms with Gasteiger partial charge in [0.15, 0.2) is 17.4 Å². The van der Waals surface area contributed by atoms with Gasteiger partial charge in [0.25, 0.3) is 0 Å². The number of hydrogen-bond acceptors (Lipinski definition) is 5. The number of H-pyrrole nitrogens is 2. The summed E-state index contributed by atoms with van der Waals surface area (Å²) in [5.41, 5.74) is 8.78. The summed E-state index contributed by atoms with van der Waals surface area (Å²) in [6.45, 7) is 0. The third kappa shape index (κ3) is 2.05. The maximum Gasteiger partial charge on any atom is 0.183 e. The van der Waals surface area contributed by atoms with Crippen molar-refractivity contribution >= 4 is 5.69 Å². The molecule has 1 aromatic carbocycles. The first kappa shape index (κ1) is 12.4. The van der Waals surface area contributed by atoms with E-state index in [4.69, 9.17) is 10.2 Å². The molecule has 4 N–H and O–H groups in total. The van der Waals surface area contributed by atoms with Gasteiger partial charge in [0, 0.05) is 11.3 Å². The van der Waals surface area contributed by atoms with E-state index in [-0.39, 0.29) is 0 Å². The van der Waals surface area contributed by atoms with Crippen LogP contribution in [0.3, 0.4) is 0 Å². The van der Waals surface area contributed by atoms with Crippen LogP contribution in [0.15, 0.2) is 53.1 Å². The molecule has 0 fully saturated rings. The number of aromatic amines is 2. The molecule has 0 saturated carbocycles. The Balaban J connectivity index is 1.69. The van der Waals surface area contributed by atoms with Gasteiger partial charge < -0.3 is 10.2 Å². The molecule has 3 heterocycles. The van der Waals surface area contributed by atoms with Gasteiger partial charge in [-0.25, -0.2) is 4.98 Å². The fraction of sp³-hybridized carbons (Fsp3) is 0. The molecule has 0 atom stereocenters. The maximum atomic E-state index is 5.94. The highest BCUT2D eigenvalue weighted by atomic mass is 16.3. The van der Waals surface area contributed by atoms with Gasteiger partial charge in [0.05, 0.1) is 6.26 Å². The summed E-state index contributed by atoms with van der Waals surface area (Å²) >= 11 is 0. The fourth-order valence-corrected chi connectivity index (χ4v) is 2.20. The van der Waals surface area contributed by atoms with Crippen LogP contribution in [0.2, 0.25) is 0 Å². The molecule has 0 aliphatic heterocycles. The normalized spacial score (nSPS) is 10.9. The first-order valence-electron chi connectivity index (χ1n) is 6.68. The van der Waals surface area contributed by atoms with Crippen LogP contribution in [0.25, 0.3) is 34.4 Å². The standard InChI is InChI=1S/C15H12N6O/c16-10-5-2-1-4-9(10)14-17-15(21-20-14)12-8-11(18-19-12)13-6-3-7-22-13/h1-8H,16H2,(H,18,19)(H,17,20,21). The smallest absolute Gasteiger partial charge is 0.183 e. The van der Waals surface area contributed by atoms with Crippen LogP contribution in [0.1, 0.15) is 0 Å². The Morgan fingerprint density at radius 3 is 2.73 bits per heavy atom. The third-order valence-corrected chi connectivity index (χ3v) is 3.29. The predicted molar refractivity (Wildman–Crippen MR) is 81.5 cm³/mol. The number of nitrogens with two attached hydrogens (primary N) is 1. The number of aromatic nitrogens is 5. The van der Waals surface area contributed by atoms with Crippen LogP contribution >= 0.6 is 0 Å². The summed E-state index contributed by atoms with van der Waals surface area (Å²) in [5, 5.41) is 14.2. The lowest BCUT2D eigenvalue weighted by molar-refractivity contribution is 0.580. The van der Waals surface area contributed by atoms with E-state index in [9.17, 15) is 0 Å². The van der Waals surface area contributed by atoms with E-state index in [1.807, 2.05) is 42.5 Å². The summed E-state index contributed by atoms with van der Waals surface area (Å²) in [5.74, 6) is 1.81. The number of nitrogens with one attached hydrogen (secondary N) is 2. The van der Waals surface area contributed by atoms with E-state index < -0.39 is 0 Å². The lowest BCUT2D eigenvalue weighted by atomic mass is 10.2. The van der Waals surface area contributed by atoms with Gasteiger partial charge in [-0.2, -0.15) is 10.2 Å². The van der Waals surface area contributed by atoms with Crippen LogP contribution in [-0.2, 0) is 0 Å². The molecular formula is C15H12N6O. The van der Waals surface area contributed by atoms with Gasteiger partial charge in [-0.1, -0.05) is 12.1 Å². The number of nitrogens with zero attached hydrogens (tertiary/aromatic N) is 3. The number of hydrogen-bond donors (Lipinski definition) is 3. The molecule has 4 aromatic rings. The highest BCUT2D eigenvalue weighted by molar-refractivity contribution is 5.72. The molecule has 0 amide bonds. The van der Waals surface area contributed by atoms with Crippen molar-refractivity contribution in [2.75, 3.05) is 5.73 Å². The predicted octanol–water partition coefficient (Wildman–Crippen LogP) is 2.70. The minimum Gasteiger partial charge on any atom is -0.463 e. The van der Waals surface area contributed by atoms with Crippen LogP contribution < -0.4 is 5.73 Å². The molecule has 7 nitrogen and oxygen atoms in total. The minimum atomic E-state index is 0.538. The SMILES string of the molecule is Nc1ccccc1-c1n[nH]c(-c2cc(-c3ccco3)[nH]n2)n1. The topological polar surface area (TPSA) is 109 Å². The van der Waals surface area contributed by atoms with Gasteiger partial charge in [0.2, 0.25) is 0 Å². The summed E-state index contributed by atoms with van der Waals surface area (Å²) in [4.78, 5) is 4.45. The van der Waals surface area contributed by atoms with E-state index in [1.54, 1.807) is 6.26 Å². The average molecular weight is 292 g/mol. The molecule has 0 unspecified atom stereocenters. The van der Waals surface area contributed by atoms with Crippen molar-refractivity contribution in [1.29, 1.82) is 0 Å². The summed E-state index contributed by atoms with van der Waals surface area (Å²) in [6.07, 6.45) is 1.61. The van der Waals surface area contributed by atoms with E-state index in [0.29, 0.717) is 28.8 Å². The lowest BCUT2D eigenvalue weighted by Crippen LogP contribution is -1.90. The highest BCUT2D eigenvalue weighted by Crippen LogP contribution is 2.25. The van der Waals surface area contributed by atoms with Crippen molar-refractivity contribution in [2.45, 2.75) is 0 Å². The number of nitrogen functional groups attached to an aromatic ring is 1. The van der Waals surface area contributed by atoms with Crippen molar-refractivity contribution in [3.63, 3.8) is 0 Å². The van der Waals surface area contributed by atoms with E-state index in [2.05, 4.69) is 25.4 Å². The Labute approximate surface area is 125 Å². The van der Waals surface area contributed by atoms with Crippen molar-refractivity contribution in [3.8, 4) is 34.4 Å². The van der Waals surface area contributed by atoms with Crippen molar-refractivity contribution < 1.29 is 4.42 Å². The number of benzene rings is 1. The molecule has 0 radical (unpaired) electrons. The Morgan fingerprint density at radius 2 is 1.91 bits per heavy atom. The summed E-state index contributed by atoms with van der Waals surface area (Å²) in [6, 6.07) is 13.0. The van der Waals surface area contributed by atoms with E-state index >= 15 is 0 Å². The van der Waals surface area contributed by atoms with Gasteiger partial charge in [-0.15, -0.1) is 0 Å². The largest absolute Gasteiger partial charge is 0.463 e. The fourth-order valence-electron chi connectivity index (χ4n) is 2.20. The summed E-state index contributed by atoms with van der Waals surface area (Å²) < 4.78 is 5.32. The van der Waals surface area contributed by atoms with Crippen molar-refractivity contribution in [1.82, 2.24) is 25.4 Å². The van der Waals surface area contributed by atoms with Crippen molar-refractivity contribution in [2.24, 2.45) is 0 Å². The molecule has 3 aromatic heterocycles. The lowest BCUT2D eigenvalue weighted by Gasteiger charge is -1.98. The molecule has 22 heavy (non-hydrogen) atoms. The number of furan rings is 1. The van der Waals surface area contributed by atoms with Crippen LogP contribution in [-0.4, -0.2) is 25.4 Å². The van der Waals surface area contributed by atoms with E-state index in [1.165, 1.54) is 0 Å². The molecule has 0 aliphatic rings. The first-order valence-corrected chi connectivity index (χ1v) is 6.68. The monoisotopic (exact) mass is 292 g/mol. The van der Waals surface area contributed by atoms with Crippen LogP contribution in [0, 0.1) is 0 Å². The van der Waals surface area contributed by atoms with Gasteiger partial charge >= 0.3 is 0 Å². The second-order valence-electron chi connectivity index (χ2n) is 4.74. The average Bonchev–Trinajstić information content (AvgIpc) is 3.27. The molecule has 0 saturated heterocycles. The summed E-state index contributed by atoms with van der Waals surface area (Å²) in [7, 11) is 0. The minimum absolute atomic E-state index is 0.538. The number of anilines is 1. The zero-order valence-electron chi connectivity index (χ0n) is 11.4. The third-order valence-electron chi connectivity index (χ3n) is 3.29. The Morgan fingerprint density at radius 1 is 1.00 bits per heavy atom. The molecule has 108 valence electrons. The second-order valence-corrected chi connectivity index (χ2v) is 4.74. The molecule has 0 aliphatic carbocycles. The van der Waals surface area contributed by atoms with Crippen LogP contribution in [0.5, 0.6) is 0 Å². The molecule has 7 heteroatoms. The van der Waals surface area contributed by atoms with Crippen LogP contribution in [0.4, 0.5) is 5.69 Å². The molecule has 0 spiro atoms. The zero-order valence-corrected chi connectivity index (χ0v) is 11.4. The van der Waals surface area contributed by atoms with Gasteiger partial charge in [0.1, 0.15) is 11.4 Å². The number of para-hydroxylation sites is 1. The number of rotatable bonds is 3. The second kappa shape index (κ2) is 4.88. The Bertz CT molecular complexity index is 906. The van der Waals surface area contributed by atoms with Gasteiger partial charge in [-0.3, -0.25) is 10.2 Å². The molecular weight excluding hydrogens is 280 g/mol. The first-order chi connectivity index (χ1) is 10.8. The molecule has 0 bridgehead atoms. The quantitative estimate of drug-likeness (QED) is 0.503. The highest BCUT2D eigenvalue weighted by Gasteiger charge is 2.13. The maximum absolute atomic E-state index is 5.94. The van der Waals surface area contributed by atoms with E-state index in [0.717, 1.165) is 11.3 Å². The molecule has 4 rings (SSSR count).